The highest BCUT2D eigenvalue weighted by Crippen LogP contribution is 2.42. The van der Waals surface area contributed by atoms with Crippen LogP contribution in [0.5, 0.6) is 0 Å². The Morgan fingerprint density at radius 3 is 0.924 bits per heavy atom. The molecular formula is C62H108NO54P. The predicted molar refractivity (Wildman–Crippen MR) is 354 cm³/mol. The lowest BCUT2D eigenvalue weighted by molar-refractivity contribution is -0.407. The summed E-state index contributed by atoms with van der Waals surface area (Å²) >= 11 is 0. The van der Waals surface area contributed by atoms with Crippen molar-refractivity contribution >= 4 is 13.7 Å². The smallest absolute Gasteiger partial charge is 0.394 e. The fourth-order valence-electron chi connectivity index (χ4n) is 14.3. The van der Waals surface area contributed by atoms with Crippen molar-refractivity contribution < 1.29 is 267 Å². The van der Waals surface area contributed by atoms with Gasteiger partial charge < -0.3 is 259 Å². The van der Waals surface area contributed by atoms with Gasteiger partial charge in [0.25, 0.3) is 0 Å². The van der Waals surface area contributed by atoms with Gasteiger partial charge in [-0.3, -0.25) is 9.32 Å². The molecule has 1 amide bonds. The summed E-state index contributed by atoms with van der Waals surface area (Å²) in [6, 6.07) is -1.82. The number of hydrogen-bond donors (Lipinski definition) is 34. The molecule has 9 rings (SSSR count). The molecule has 0 bridgehead atoms. The maximum Gasteiger partial charge on any atom is 0.469 e. The van der Waals surface area contributed by atoms with Crippen molar-refractivity contribution in [2.24, 2.45) is 0 Å². The Morgan fingerprint density at radius 1 is 0.314 bits per heavy atom. The predicted octanol–water partition coefficient (Wildman–Crippen LogP) is -22.9. The van der Waals surface area contributed by atoms with Gasteiger partial charge in [-0.05, 0) is 0 Å². The number of aliphatic hydroxyl groups excluding tert-OH is 31. The minimum absolute atomic E-state index is 0.919. The summed E-state index contributed by atoms with van der Waals surface area (Å²) in [7, 11) is -5.39. The maximum absolute atomic E-state index is 12.6. The molecule has 0 saturated carbocycles. The zero-order chi connectivity index (χ0) is 87.3. The molecule has 0 aromatic heterocycles. The van der Waals surface area contributed by atoms with E-state index in [1.807, 2.05) is 0 Å². The molecule has 0 aromatic rings. The Kier molecular flexibility index (Phi) is 36.6. The average Bonchev–Trinajstić information content (AvgIpc) is 0.773. The van der Waals surface area contributed by atoms with E-state index in [2.05, 4.69) is 9.84 Å². The number of carbonyl (C=O) groups excluding carboxylic acids is 1. The van der Waals surface area contributed by atoms with E-state index in [0.29, 0.717) is 0 Å². The highest BCUT2D eigenvalue weighted by molar-refractivity contribution is 7.46. The zero-order valence-electron chi connectivity index (χ0n) is 61.8. The van der Waals surface area contributed by atoms with Gasteiger partial charge in [-0.25, -0.2) is 4.57 Å². The van der Waals surface area contributed by atoms with E-state index in [1.54, 1.807) is 0 Å². The summed E-state index contributed by atoms with van der Waals surface area (Å²) in [4.78, 5) is 31.1. The molecule has 0 aromatic carbocycles. The van der Waals surface area contributed by atoms with Crippen LogP contribution in [0.25, 0.3) is 0 Å². The number of hydrogen-bond acceptors (Lipinski definition) is 52. The third-order valence-corrected chi connectivity index (χ3v) is 21.6. The standard InChI is InChI=1S/C62H108NO54P/c1-13(72)63-14(2-64)25(74)47(15(73)3-65)111-58-46(95)49(113-61-53(41(90)31(80)20(8-70)106-61)117-62-52(40(89)30(79)21(9-71)107-62)115-56-43(92)36(85)27(76)17(5-67)103-56)34(83)23(109-58)10-99-54-45(94)48(112-60-51(39(88)29(78)19(7-69)105-60)116-57-44(93)37(86)32(81)24(110-57)12-101-118(96,97)98)33(82)22(108-54)11-100-59-50(38(87)28(77)18(6-68)104-59)114-55-42(91)35(84)26(75)16(4-66)102-55/h14-62,64-71,73-95H,2-12H2,1H3,(H,63,72)(H2,96,97,98)/t14-,15+,16+,17+,18+,19+,20+,21+,22+,23+,24+,25+,26+,27+,28+,29+,30+,31+,32+,33+,34+,35-,36-,37-,38-,39-,40-,41-,42-,43-,44-,45-,46-,47+,48-,49-,50-,51-,52-,53-,54-,55+,56+,57+,58-,59-,60+,61+,62+/m0/s1. The number of amides is 1. The second-order valence-electron chi connectivity index (χ2n) is 29.2. The highest BCUT2D eigenvalue weighted by Gasteiger charge is 2.61. The number of phosphoric acid groups is 1. The number of aliphatic hydroxyl groups is 31. The van der Waals surface area contributed by atoms with Gasteiger partial charge in [0.15, 0.2) is 56.6 Å². The van der Waals surface area contributed by atoms with E-state index in [1.165, 1.54) is 0 Å². The van der Waals surface area contributed by atoms with Crippen molar-refractivity contribution in [3.8, 4) is 0 Å². The van der Waals surface area contributed by atoms with Crippen molar-refractivity contribution in [2.75, 3.05) is 72.7 Å². The molecule has 34 N–H and O–H groups in total. The lowest BCUT2D eigenvalue weighted by Crippen LogP contribution is -2.68. The Balaban J connectivity index is 1.09. The third-order valence-electron chi connectivity index (χ3n) is 21.1. The van der Waals surface area contributed by atoms with E-state index in [4.69, 9.17) is 85.3 Å². The number of carbonyl (C=O) groups is 1. The Labute approximate surface area is 665 Å². The molecule has 56 heteroatoms. The van der Waals surface area contributed by atoms with Gasteiger partial charge in [0.1, 0.15) is 238 Å². The van der Waals surface area contributed by atoms with Gasteiger partial charge in [0.2, 0.25) is 5.91 Å². The first kappa shape index (κ1) is 99.4. The van der Waals surface area contributed by atoms with Gasteiger partial charge in [0, 0.05) is 6.92 Å². The second-order valence-corrected chi connectivity index (χ2v) is 30.4. The van der Waals surface area contributed by atoms with E-state index in [-0.39, 0.29) is 0 Å². The van der Waals surface area contributed by atoms with Crippen molar-refractivity contribution in [3.63, 3.8) is 0 Å². The topological polar surface area (TPSA) is 889 Å². The Hall–Kier alpha value is -2.38. The monoisotopic (exact) mass is 1760 g/mol. The lowest BCUT2D eigenvalue weighted by atomic mass is 9.95. The third kappa shape index (κ3) is 22.4. The van der Waals surface area contributed by atoms with E-state index in [9.17, 15) is 177 Å². The van der Waals surface area contributed by atoms with Gasteiger partial charge in [0.05, 0.1) is 78.7 Å². The Morgan fingerprint density at radius 2 is 0.585 bits per heavy atom. The molecule has 9 aliphatic heterocycles. The Bertz CT molecular complexity index is 3060. The van der Waals surface area contributed by atoms with Crippen LogP contribution >= 0.6 is 7.82 Å². The van der Waals surface area contributed by atoms with Crippen LogP contribution in [-0.4, -0.2) is 547 Å². The van der Waals surface area contributed by atoms with E-state index in [0.717, 1.165) is 6.92 Å². The molecule has 0 unspecified atom stereocenters. The van der Waals surface area contributed by atoms with Crippen LogP contribution in [-0.2, 0) is 99.1 Å². The zero-order valence-corrected chi connectivity index (χ0v) is 62.7. The fraction of sp³-hybridized carbons (Fsp3) is 0.984. The number of ether oxygens (including phenoxy) is 18. The molecular weight excluding hydrogens is 1650 g/mol. The van der Waals surface area contributed by atoms with Crippen molar-refractivity contribution in [1.29, 1.82) is 0 Å². The van der Waals surface area contributed by atoms with Crippen molar-refractivity contribution in [2.45, 2.75) is 308 Å². The first-order valence-corrected chi connectivity index (χ1v) is 38.4. The maximum atomic E-state index is 12.6. The largest absolute Gasteiger partial charge is 0.469 e. The molecule has 0 aliphatic carbocycles. The summed E-state index contributed by atoms with van der Waals surface area (Å²) in [5.41, 5.74) is 0. The van der Waals surface area contributed by atoms with E-state index < -0.39 is 387 Å². The number of rotatable bonds is 35. The normalized spacial score (nSPS) is 48.5. The first-order valence-electron chi connectivity index (χ1n) is 36.8. The van der Waals surface area contributed by atoms with Gasteiger partial charge >= 0.3 is 7.82 Å². The van der Waals surface area contributed by atoms with Gasteiger partial charge in [-0.1, -0.05) is 0 Å². The first-order chi connectivity index (χ1) is 55.6. The van der Waals surface area contributed by atoms with Gasteiger partial charge in [-0.15, -0.1) is 0 Å². The van der Waals surface area contributed by atoms with Crippen LogP contribution in [0.3, 0.4) is 0 Å². The van der Waals surface area contributed by atoms with Crippen molar-refractivity contribution in [3.05, 3.63) is 0 Å². The van der Waals surface area contributed by atoms with Crippen LogP contribution in [0.2, 0.25) is 0 Å². The number of phosphoric ester groups is 1. The molecule has 9 saturated heterocycles. The molecule has 9 heterocycles. The minimum Gasteiger partial charge on any atom is -0.394 e. The summed E-state index contributed by atoms with van der Waals surface area (Å²) in [6.07, 6.45) is -109. The molecule has 0 spiro atoms. The molecule has 0 radical (unpaired) electrons. The molecule has 9 fully saturated rings. The van der Waals surface area contributed by atoms with Crippen LogP contribution in [0.4, 0.5) is 0 Å². The molecule has 118 heavy (non-hydrogen) atoms. The van der Waals surface area contributed by atoms with Gasteiger partial charge in [-0.2, -0.15) is 0 Å². The molecule has 49 atom stereocenters. The highest BCUT2D eigenvalue weighted by atomic mass is 31.2. The summed E-state index contributed by atoms with van der Waals surface area (Å²) in [6.45, 7) is -12.3. The lowest BCUT2D eigenvalue weighted by Gasteiger charge is -2.50. The van der Waals surface area contributed by atoms with Crippen molar-refractivity contribution in [1.82, 2.24) is 5.32 Å². The summed E-state index contributed by atoms with van der Waals surface area (Å²) in [5, 5.41) is 345. The second kappa shape index (κ2) is 43.4. The molecule has 55 nitrogen and oxygen atoms in total. The number of nitrogens with one attached hydrogen (secondary N) is 1. The SMILES string of the molecule is CC(=O)N[C@@H](CO)[C@@H](O)[C@H](O[C@@H]1O[C@H](CO[C@H]2O[C@H](CO[C@H]3O[C@H](CO)[C@@H](O)[C@H](O)[C@@H]3O[C@H]3O[C@H](CO)[C@@H](O)[C@H](O)[C@@H]3O)[C@@H](O)[C@H](O[C@H]3O[C@H](CO)[C@@H](O)[C@H](O)[C@@H]3O[C@H]3O[C@H](COP(=O)(O)O)[C@@H](O)[C@H](O)[C@@H]3O)[C@@H]2O)[C@@H](O)[C@H](O[C@H]2O[C@H](CO)[C@@H](O)[C@H](O)[C@@H]2O[C@H]2O[C@H](CO)[C@@H](O)[C@H](O)[C@@H]2O[C@H]2O[C@H](CO)[C@@H](O)[C@H](O)[C@@H]2O)[C@@H]1O)[C@H](O)CO. The summed E-state index contributed by atoms with van der Waals surface area (Å²) in [5.74, 6) is -0.924. The van der Waals surface area contributed by atoms with Crippen LogP contribution in [0.15, 0.2) is 0 Å². The quantitative estimate of drug-likeness (QED) is 0.0262. The molecule has 9 aliphatic rings. The average molecular weight is 1760 g/mol. The minimum atomic E-state index is -5.39. The molecule has 690 valence electrons. The van der Waals surface area contributed by atoms with E-state index >= 15 is 0 Å². The van der Waals surface area contributed by atoms with Crippen LogP contribution in [0.1, 0.15) is 6.92 Å². The summed E-state index contributed by atoms with van der Waals surface area (Å²) < 4.78 is 121. The van der Waals surface area contributed by atoms with Crippen LogP contribution in [0, 0.1) is 0 Å². The fourth-order valence-corrected chi connectivity index (χ4v) is 14.7. The van der Waals surface area contributed by atoms with Crippen LogP contribution < -0.4 is 5.32 Å².